The minimum absolute atomic E-state index is 0.0944. The van der Waals surface area contributed by atoms with Crippen molar-refractivity contribution in [3.05, 3.63) is 45.5 Å². The molecule has 1 saturated carbocycles. The van der Waals surface area contributed by atoms with Gasteiger partial charge < -0.3 is 0 Å². The van der Waals surface area contributed by atoms with Crippen LogP contribution in [-0.4, -0.2) is 34.3 Å². The van der Waals surface area contributed by atoms with E-state index >= 15 is 0 Å². The Morgan fingerprint density at radius 3 is 2.69 bits per heavy atom. The van der Waals surface area contributed by atoms with Gasteiger partial charge in [0.25, 0.3) is 0 Å². The highest BCUT2D eigenvalue weighted by atomic mass is 35.5. The van der Waals surface area contributed by atoms with E-state index in [0.29, 0.717) is 29.7 Å². The third kappa shape index (κ3) is 3.26. The smallest absolute Gasteiger partial charge is 0.229 e. The van der Waals surface area contributed by atoms with Crippen LogP contribution in [0.2, 0.25) is 5.02 Å². The van der Waals surface area contributed by atoms with E-state index in [1.165, 1.54) is 32.1 Å². The molecule has 1 aliphatic carbocycles. The number of rotatable bonds is 2. The molecule has 2 fully saturated rings. The Morgan fingerprint density at radius 1 is 1.19 bits per heavy atom. The van der Waals surface area contributed by atoms with Gasteiger partial charge in [0.15, 0.2) is 0 Å². The summed E-state index contributed by atoms with van der Waals surface area (Å²) < 4.78 is 0. The summed E-state index contributed by atoms with van der Waals surface area (Å²) in [4.78, 5) is 17.2. The second-order valence-corrected chi connectivity index (χ2v) is 8.57. The van der Waals surface area contributed by atoms with E-state index in [2.05, 4.69) is 11.0 Å². The summed E-state index contributed by atoms with van der Waals surface area (Å²) in [7, 11) is 0. The molecule has 0 unspecified atom stereocenters. The van der Waals surface area contributed by atoms with Crippen molar-refractivity contribution >= 4 is 29.3 Å². The molecule has 1 amide bonds. The molecule has 0 radical (unpaired) electrons. The van der Waals surface area contributed by atoms with E-state index in [1.54, 1.807) is 11.8 Å². The van der Waals surface area contributed by atoms with Crippen molar-refractivity contribution in [3.8, 4) is 6.07 Å². The molecule has 0 N–H and O–H groups in total. The molecule has 136 valence electrons. The van der Waals surface area contributed by atoms with Crippen LogP contribution in [0.4, 0.5) is 0 Å². The van der Waals surface area contributed by atoms with Crippen LogP contribution in [0.5, 0.6) is 0 Å². The molecule has 1 aromatic rings. The zero-order chi connectivity index (χ0) is 18.1. The molecule has 4 nitrogen and oxygen atoms in total. The van der Waals surface area contributed by atoms with E-state index < -0.39 is 0 Å². The second-order valence-electron chi connectivity index (χ2n) is 7.23. The highest BCUT2D eigenvalue weighted by Crippen LogP contribution is 2.44. The lowest BCUT2D eigenvalue weighted by Crippen LogP contribution is -2.51. The maximum atomic E-state index is 12.9. The average Bonchev–Trinajstić information content (AvgIpc) is 2.69. The number of nitrogens with zero attached hydrogens (tertiary/aromatic N) is 3. The van der Waals surface area contributed by atoms with Crippen LogP contribution in [-0.2, 0) is 4.79 Å². The average molecular weight is 388 g/mol. The lowest BCUT2D eigenvalue weighted by molar-refractivity contribution is -0.132. The molecule has 2 aliphatic heterocycles. The van der Waals surface area contributed by atoms with Crippen molar-refractivity contribution in [2.45, 2.75) is 50.5 Å². The maximum Gasteiger partial charge on any atom is 0.229 e. The largest absolute Gasteiger partial charge is 0.292 e. The molecule has 2 heterocycles. The van der Waals surface area contributed by atoms with Crippen molar-refractivity contribution in [3.63, 3.8) is 0 Å². The first-order valence-corrected chi connectivity index (χ1v) is 10.6. The zero-order valence-electron chi connectivity index (χ0n) is 14.7. The van der Waals surface area contributed by atoms with Crippen LogP contribution in [0.3, 0.4) is 0 Å². The molecule has 1 atom stereocenters. The molecule has 0 aromatic heterocycles. The van der Waals surface area contributed by atoms with E-state index in [1.807, 2.05) is 29.2 Å². The Morgan fingerprint density at radius 2 is 1.96 bits per heavy atom. The number of fused-ring (bicyclic) bond motifs is 1. The number of carbonyl (C=O) groups is 1. The van der Waals surface area contributed by atoms with Gasteiger partial charge in [-0.15, -0.1) is 0 Å². The molecule has 26 heavy (non-hydrogen) atoms. The third-order valence-electron chi connectivity index (χ3n) is 5.69. The predicted octanol–water partition coefficient (Wildman–Crippen LogP) is 4.69. The molecule has 4 rings (SSSR count). The van der Waals surface area contributed by atoms with Crippen molar-refractivity contribution in [1.82, 2.24) is 9.80 Å². The van der Waals surface area contributed by atoms with E-state index in [4.69, 9.17) is 11.6 Å². The van der Waals surface area contributed by atoms with Gasteiger partial charge in [0.05, 0.1) is 29.2 Å². The Bertz CT molecular complexity index is 782. The van der Waals surface area contributed by atoms with Crippen molar-refractivity contribution in [2.75, 3.05) is 12.5 Å². The monoisotopic (exact) mass is 387 g/mol. The SMILES string of the molecule is N#CC1=C2SCN(C3CCCCC3)CN2C(=O)C[C@H]1c1ccccc1Cl. The van der Waals surface area contributed by atoms with Crippen LogP contribution in [0, 0.1) is 11.3 Å². The number of hydrogen-bond donors (Lipinski definition) is 0. The van der Waals surface area contributed by atoms with Gasteiger partial charge in [-0.25, -0.2) is 0 Å². The van der Waals surface area contributed by atoms with Crippen LogP contribution in [0.25, 0.3) is 0 Å². The van der Waals surface area contributed by atoms with Gasteiger partial charge in [0.1, 0.15) is 0 Å². The van der Waals surface area contributed by atoms with Crippen LogP contribution < -0.4 is 0 Å². The molecule has 0 spiro atoms. The number of benzene rings is 1. The van der Waals surface area contributed by atoms with Crippen molar-refractivity contribution < 1.29 is 4.79 Å². The van der Waals surface area contributed by atoms with Gasteiger partial charge >= 0.3 is 0 Å². The molecule has 3 aliphatic rings. The number of hydrogen-bond acceptors (Lipinski definition) is 4. The maximum absolute atomic E-state index is 12.9. The Labute approximate surface area is 163 Å². The third-order valence-corrected chi connectivity index (χ3v) is 7.20. The summed E-state index contributed by atoms with van der Waals surface area (Å²) in [6.07, 6.45) is 6.63. The summed E-state index contributed by atoms with van der Waals surface area (Å²) in [5, 5.41) is 11.3. The van der Waals surface area contributed by atoms with Gasteiger partial charge in [0.2, 0.25) is 5.91 Å². The first-order chi connectivity index (χ1) is 12.7. The van der Waals surface area contributed by atoms with Crippen LogP contribution in [0.1, 0.15) is 50.0 Å². The number of nitriles is 1. The standard InChI is InChI=1S/C20H22ClN3OS/c21-18-9-5-4-8-15(18)16-10-19(25)24-12-23(14-6-2-1-3-7-14)13-26-20(24)17(16)11-22/h4-5,8-9,14,16H,1-3,6-7,10,12-13H2/t16-/m0/s1. The highest BCUT2D eigenvalue weighted by molar-refractivity contribution is 8.03. The predicted molar refractivity (Wildman–Crippen MR) is 104 cm³/mol. The van der Waals surface area contributed by atoms with Gasteiger partial charge in [-0.3, -0.25) is 14.6 Å². The van der Waals surface area contributed by atoms with E-state index in [-0.39, 0.29) is 11.8 Å². The fourth-order valence-electron chi connectivity index (χ4n) is 4.28. The molecular weight excluding hydrogens is 366 g/mol. The summed E-state index contributed by atoms with van der Waals surface area (Å²) in [5.74, 6) is 0.711. The van der Waals surface area contributed by atoms with E-state index in [9.17, 15) is 10.1 Å². The highest BCUT2D eigenvalue weighted by Gasteiger charge is 2.40. The van der Waals surface area contributed by atoms with Gasteiger partial charge in [0, 0.05) is 23.4 Å². The van der Waals surface area contributed by atoms with Gasteiger partial charge in [-0.1, -0.05) is 60.8 Å². The quantitative estimate of drug-likeness (QED) is 0.738. The second kappa shape index (κ2) is 7.64. The summed E-state index contributed by atoms with van der Waals surface area (Å²) >= 11 is 7.99. The Hall–Kier alpha value is -1.48. The summed E-state index contributed by atoms with van der Waals surface area (Å²) in [6.45, 7) is 0.617. The lowest BCUT2D eigenvalue weighted by Gasteiger charge is -2.44. The topological polar surface area (TPSA) is 47.3 Å². The number of amides is 1. The molecule has 0 bridgehead atoms. The minimum Gasteiger partial charge on any atom is -0.292 e. The van der Waals surface area contributed by atoms with Gasteiger partial charge in [-0.2, -0.15) is 5.26 Å². The van der Waals surface area contributed by atoms with Crippen LogP contribution >= 0.6 is 23.4 Å². The zero-order valence-corrected chi connectivity index (χ0v) is 16.2. The Balaban J connectivity index is 1.63. The fourth-order valence-corrected chi connectivity index (χ4v) is 5.78. The molecule has 1 saturated heterocycles. The summed E-state index contributed by atoms with van der Waals surface area (Å²) in [6, 6.07) is 10.5. The number of thioether (sulfide) groups is 1. The number of allylic oxidation sites excluding steroid dienone is 1. The van der Waals surface area contributed by atoms with E-state index in [0.717, 1.165) is 16.5 Å². The van der Waals surface area contributed by atoms with Crippen molar-refractivity contribution in [1.29, 1.82) is 5.26 Å². The molecule has 1 aromatic carbocycles. The number of carbonyl (C=O) groups excluding carboxylic acids is 1. The van der Waals surface area contributed by atoms with Crippen LogP contribution in [0.15, 0.2) is 34.9 Å². The first-order valence-electron chi connectivity index (χ1n) is 9.25. The Kier molecular flexibility index (Phi) is 5.26. The molecule has 6 heteroatoms. The first kappa shape index (κ1) is 17.9. The summed E-state index contributed by atoms with van der Waals surface area (Å²) in [5.41, 5.74) is 1.56. The van der Waals surface area contributed by atoms with Gasteiger partial charge in [-0.05, 0) is 24.5 Å². The molecular formula is C20H22ClN3OS. The fraction of sp³-hybridized carbons (Fsp3) is 0.500. The number of halogens is 1. The minimum atomic E-state index is -0.235. The lowest BCUT2D eigenvalue weighted by atomic mass is 9.86. The normalized spacial score (nSPS) is 25.2. The van der Waals surface area contributed by atoms with Crippen molar-refractivity contribution in [2.24, 2.45) is 0 Å².